The first-order valence-electron chi connectivity index (χ1n) is 8.16. The Hall–Kier alpha value is -2.37. The Bertz CT molecular complexity index is 737. The Morgan fingerprint density at radius 2 is 2.22 bits per heavy atom. The molecule has 1 aliphatic heterocycles. The van der Waals surface area contributed by atoms with Gasteiger partial charge in [-0.3, -0.25) is 9.59 Å². The molecule has 0 saturated carbocycles. The smallest absolute Gasteiger partial charge is 0.272 e. The van der Waals surface area contributed by atoms with Crippen molar-refractivity contribution in [2.24, 2.45) is 0 Å². The van der Waals surface area contributed by atoms with E-state index in [9.17, 15) is 9.59 Å². The minimum atomic E-state index is -0.158. The third-order valence-corrected chi connectivity index (χ3v) is 4.28. The highest BCUT2D eigenvalue weighted by Gasteiger charge is 2.32. The maximum Gasteiger partial charge on any atom is 0.272 e. The van der Waals surface area contributed by atoms with Crippen molar-refractivity contribution in [3.8, 4) is 0 Å². The SMILES string of the molecule is CCCNC(=O)c1nc([C@@H]2CCCN2C(C)=O)n2ccccc12. The van der Waals surface area contributed by atoms with Crippen LogP contribution >= 0.6 is 0 Å². The first-order chi connectivity index (χ1) is 11.1. The molecule has 1 saturated heterocycles. The second-order valence-corrected chi connectivity index (χ2v) is 5.90. The van der Waals surface area contributed by atoms with Crippen molar-refractivity contribution < 1.29 is 9.59 Å². The maximum absolute atomic E-state index is 12.4. The number of rotatable bonds is 4. The van der Waals surface area contributed by atoms with Crippen LogP contribution in [-0.4, -0.2) is 39.2 Å². The molecule has 1 fully saturated rings. The predicted molar refractivity (Wildman–Crippen MR) is 87.2 cm³/mol. The van der Waals surface area contributed by atoms with Crippen LogP contribution in [0.15, 0.2) is 24.4 Å². The highest BCUT2D eigenvalue weighted by atomic mass is 16.2. The van der Waals surface area contributed by atoms with E-state index in [1.165, 1.54) is 0 Å². The van der Waals surface area contributed by atoms with Gasteiger partial charge in [-0.2, -0.15) is 0 Å². The largest absolute Gasteiger partial charge is 0.351 e. The van der Waals surface area contributed by atoms with Gasteiger partial charge in [0.1, 0.15) is 5.82 Å². The second kappa shape index (κ2) is 6.40. The lowest BCUT2D eigenvalue weighted by atomic mass is 10.2. The van der Waals surface area contributed by atoms with Crippen LogP contribution < -0.4 is 5.32 Å². The van der Waals surface area contributed by atoms with Gasteiger partial charge in [0.2, 0.25) is 5.91 Å². The van der Waals surface area contributed by atoms with Crippen LogP contribution in [0.3, 0.4) is 0 Å². The number of carbonyl (C=O) groups is 2. The van der Waals surface area contributed by atoms with Crippen molar-refractivity contribution in [1.29, 1.82) is 0 Å². The molecule has 0 unspecified atom stereocenters. The van der Waals surface area contributed by atoms with E-state index in [0.717, 1.165) is 37.1 Å². The third kappa shape index (κ3) is 2.81. The fourth-order valence-corrected chi connectivity index (χ4v) is 3.20. The van der Waals surface area contributed by atoms with Gasteiger partial charge in [0.15, 0.2) is 5.69 Å². The number of hydrogen-bond acceptors (Lipinski definition) is 3. The number of aromatic nitrogens is 2. The minimum absolute atomic E-state index is 0.0529. The molecule has 2 aromatic heterocycles. The summed E-state index contributed by atoms with van der Waals surface area (Å²) < 4.78 is 1.94. The van der Waals surface area contributed by atoms with E-state index in [1.807, 2.05) is 40.6 Å². The summed E-state index contributed by atoms with van der Waals surface area (Å²) in [5, 5.41) is 2.88. The van der Waals surface area contributed by atoms with Crippen LogP contribution in [0.1, 0.15) is 55.5 Å². The Labute approximate surface area is 135 Å². The van der Waals surface area contributed by atoms with Crippen LogP contribution in [0.2, 0.25) is 0 Å². The van der Waals surface area contributed by atoms with Gasteiger partial charge in [0.25, 0.3) is 5.91 Å². The summed E-state index contributed by atoms with van der Waals surface area (Å²) in [6.45, 7) is 4.98. The predicted octanol–water partition coefficient (Wildman–Crippen LogP) is 2.16. The molecule has 6 heteroatoms. The van der Waals surface area contributed by atoms with Gasteiger partial charge in [-0.05, 0) is 31.4 Å². The van der Waals surface area contributed by atoms with Crippen LogP contribution in [0.4, 0.5) is 0 Å². The number of hydrogen-bond donors (Lipinski definition) is 1. The molecule has 1 atom stereocenters. The fraction of sp³-hybridized carbons (Fsp3) is 0.471. The normalized spacial score (nSPS) is 17.7. The van der Waals surface area contributed by atoms with Gasteiger partial charge in [0.05, 0.1) is 11.6 Å². The Morgan fingerprint density at radius 3 is 2.96 bits per heavy atom. The number of amides is 2. The van der Waals surface area contributed by atoms with E-state index < -0.39 is 0 Å². The average Bonchev–Trinajstić information content (AvgIpc) is 3.16. The minimum Gasteiger partial charge on any atom is -0.351 e. The molecule has 0 bridgehead atoms. The first-order valence-corrected chi connectivity index (χ1v) is 8.16. The van der Waals surface area contributed by atoms with Crippen molar-refractivity contribution in [3.63, 3.8) is 0 Å². The number of fused-ring (bicyclic) bond motifs is 1. The molecule has 1 aliphatic rings. The summed E-state index contributed by atoms with van der Waals surface area (Å²) in [5.74, 6) is 0.668. The van der Waals surface area contributed by atoms with Crippen LogP contribution in [-0.2, 0) is 4.79 Å². The molecule has 0 aromatic carbocycles. The lowest BCUT2D eigenvalue weighted by Gasteiger charge is -2.22. The lowest BCUT2D eigenvalue weighted by Crippen LogP contribution is -2.29. The topological polar surface area (TPSA) is 66.7 Å². The molecule has 3 rings (SSSR count). The summed E-state index contributed by atoms with van der Waals surface area (Å²) >= 11 is 0. The fourth-order valence-electron chi connectivity index (χ4n) is 3.20. The molecule has 0 aliphatic carbocycles. The Kier molecular flexibility index (Phi) is 4.32. The molecule has 6 nitrogen and oxygen atoms in total. The molecular weight excluding hydrogens is 292 g/mol. The zero-order valence-electron chi connectivity index (χ0n) is 13.6. The molecule has 23 heavy (non-hydrogen) atoms. The average molecular weight is 314 g/mol. The quantitative estimate of drug-likeness (QED) is 0.940. The van der Waals surface area contributed by atoms with Crippen LogP contribution in [0, 0.1) is 0 Å². The molecular formula is C17H22N4O2. The molecule has 122 valence electrons. The third-order valence-electron chi connectivity index (χ3n) is 4.28. The molecule has 1 N–H and O–H groups in total. The Morgan fingerprint density at radius 1 is 1.39 bits per heavy atom. The number of carbonyl (C=O) groups excluding carboxylic acids is 2. The van der Waals surface area contributed by atoms with Crippen molar-refractivity contribution in [3.05, 3.63) is 35.9 Å². The molecule has 3 heterocycles. The first kappa shape index (κ1) is 15.5. The van der Waals surface area contributed by atoms with Gasteiger partial charge in [0, 0.05) is 26.2 Å². The molecule has 0 spiro atoms. The van der Waals surface area contributed by atoms with Gasteiger partial charge in [-0.1, -0.05) is 13.0 Å². The van der Waals surface area contributed by atoms with Gasteiger partial charge < -0.3 is 14.6 Å². The van der Waals surface area contributed by atoms with Crippen molar-refractivity contribution in [2.45, 2.75) is 39.2 Å². The summed E-state index contributed by atoms with van der Waals surface area (Å²) in [4.78, 5) is 30.7. The summed E-state index contributed by atoms with van der Waals surface area (Å²) in [7, 11) is 0. The number of nitrogens with zero attached hydrogens (tertiary/aromatic N) is 3. The molecule has 0 radical (unpaired) electrons. The van der Waals surface area contributed by atoms with Crippen molar-refractivity contribution >= 4 is 17.3 Å². The van der Waals surface area contributed by atoms with E-state index in [1.54, 1.807) is 6.92 Å². The monoisotopic (exact) mass is 314 g/mol. The standard InChI is InChI=1S/C17H22N4O2/c1-3-9-18-17(23)15-13-7-4-5-10-21(13)16(19-15)14-8-6-11-20(14)12(2)22/h4-5,7,10,14H,3,6,8-9,11H2,1-2H3,(H,18,23)/t14-/m0/s1. The summed E-state index contributed by atoms with van der Waals surface area (Å²) in [6.07, 6.45) is 4.63. The van der Waals surface area contributed by atoms with Gasteiger partial charge >= 0.3 is 0 Å². The highest BCUT2D eigenvalue weighted by molar-refractivity contribution is 5.99. The zero-order valence-corrected chi connectivity index (χ0v) is 13.6. The van der Waals surface area contributed by atoms with E-state index in [0.29, 0.717) is 12.2 Å². The molecule has 2 aromatic rings. The number of pyridine rings is 1. The van der Waals surface area contributed by atoms with E-state index in [-0.39, 0.29) is 17.9 Å². The van der Waals surface area contributed by atoms with E-state index in [4.69, 9.17) is 0 Å². The summed E-state index contributed by atoms with van der Waals surface area (Å²) in [6, 6.07) is 5.65. The number of likely N-dealkylation sites (tertiary alicyclic amines) is 1. The summed E-state index contributed by atoms with van der Waals surface area (Å²) in [5.41, 5.74) is 1.22. The maximum atomic E-state index is 12.4. The zero-order chi connectivity index (χ0) is 16.4. The number of nitrogens with one attached hydrogen (secondary N) is 1. The van der Waals surface area contributed by atoms with E-state index in [2.05, 4.69) is 10.3 Å². The van der Waals surface area contributed by atoms with E-state index >= 15 is 0 Å². The van der Waals surface area contributed by atoms with Gasteiger partial charge in [-0.25, -0.2) is 4.98 Å². The van der Waals surface area contributed by atoms with Crippen LogP contribution in [0.25, 0.3) is 5.52 Å². The highest BCUT2D eigenvalue weighted by Crippen LogP contribution is 2.32. The lowest BCUT2D eigenvalue weighted by molar-refractivity contribution is -0.129. The number of imidazole rings is 1. The van der Waals surface area contributed by atoms with Crippen molar-refractivity contribution in [2.75, 3.05) is 13.1 Å². The Balaban J connectivity index is 2.04. The van der Waals surface area contributed by atoms with Gasteiger partial charge in [-0.15, -0.1) is 0 Å². The van der Waals surface area contributed by atoms with Crippen LogP contribution in [0.5, 0.6) is 0 Å². The van der Waals surface area contributed by atoms with Crippen molar-refractivity contribution in [1.82, 2.24) is 19.6 Å². The second-order valence-electron chi connectivity index (χ2n) is 5.90. The molecule has 2 amide bonds.